The minimum atomic E-state index is -0.0153. The van der Waals surface area contributed by atoms with Gasteiger partial charge in [0.25, 0.3) is 0 Å². The highest BCUT2D eigenvalue weighted by molar-refractivity contribution is 5.74. The third-order valence-electron chi connectivity index (χ3n) is 3.45. The second kappa shape index (κ2) is 3.76. The molecule has 0 spiro atoms. The van der Waals surface area contributed by atoms with Crippen LogP contribution in [0.3, 0.4) is 0 Å². The number of aromatic nitrogens is 2. The van der Waals surface area contributed by atoms with Crippen LogP contribution in [0.2, 0.25) is 0 Å². The number of aryl methyl sites for hydroxylation is 1. The highest BCUT2D eigenvalue weighted by Crippen LogP contribution is 2.28. The van der Waals surface area contributed by atoms with E-state index in [1.807, 2.05) is 18.8 Å². The predicted molar refractivity (Wildman–Crippen MR) is 56.3 cm³/mol. The summed E-state index contributed by atoms with van der Waals surface area (Å²) in [4.78, 5) is 11.4. The Kier molecular flexibility index (Phi) is 2.59. The summed E-state index contributed by atoms with van der Waals surface area (Å²) < 4.78 is 9.24. The van der Waals surface area contributed by atoms with Crippen molar-refractivity contribution in [3.8, 4) is 0 Å². The highest BCUT2D eigenvalue weighted by Gasteiger charge is 2.35. The summed E-state index contributed by atoms with van der Waals surface area (Å²) in [7, 11) is 4.05. The van der Waals surface area contributed by atoms with Gasteiger partial charge in [-0.1, -0.05) is 6.92 Å². The van der Waals surface area contributed by atoms with E-state index in [1.54, 1.807) is 0 Å². The van der Waals surface area contributed by atoms with Gasteiger partial charge >= 0.3 is 5.97 Å². The number of carbonyl (C=O) groups is 1. The Balaban J connectivity index is 2.02. The summed E-state index contributed by atoms with van der Waals surface area (Å²) >= 11 is 0. The molecule has 0 bridgehead atoms. The maximum atomic E-state index is 11.4. The first-order valence-electron chi connectivity index (χ1n) is 5.47. The molecule has 0 amide bonds. The topological polar surface area (TPSA) is 36.2 Å². The van der Waals surface area contributed by atoms with Gasteiger partial charge in [-0.25, -0.2) is 0 Å². The largest absolute Gasteiger partial charge is 0.465 e. The Hall–Kier alpha value is -1.19. The minimum absolute atomic E-state index is 0.0153. The summed E-state index contributed by atoms with van der Waals surface area (Å²) in [6, 6.07) is 0. The van der Waals surface area contributed by atoms with Gasteiger partial charge in [-0.2, -0.15) is 0 Å². The van der Waals surface area contributed by atoms with E-state index in [0.29, 0.717) is 12.5 Å². The van der Waals surface area contributed by atoms with Crippen LogP contribution in [-0.4, -0.2) is 21.9 Å². The number of nitrogens with zero attached hydrogens (tertiary/aromatic N) is 2. The Morgan fingerprint density at radius 3 is 2.80 bits per heavy atom. The van der Waals surface area contributed by atoms with Gasteiger partial charge in [0.05, 0.1) is 18.2 Å². The second-order valence-electron chi connectivity index (χ2n) is 4.33. The van der Waals surface area contributed by atoms with Gasteiger partial charge in [0.1, 0.15) is 0 Å². The average molecular weight is 210 g/mol. The van der Waals surface area contributed by atoms with Crippen molar-refractivity contribution >= 4 is 5.97 Å². The van der Waals surface area contributed by atoms with E-state index >= 15 is 0 Å². The number of hydrogen-bond acceptors (Lipinski definition) is 2. The first-order valence-corrected chi connectivity index (χ1v) is 5.47. The molecule has 1 aromatic rings. The minimum Gasteiger partial charge on any atom is -0.465 e. The number of ether oxygens (including phenoxy) is 1. The normalized spacial score (nSPS) is 25.9. The first kappa shape index (κ1) is 10.3. The van der Waals surface area contributed by atoms with Crippen LogP contribution in [-0.2, 0) is 30.0 Å². The second-order valence-corrected chi connectivity index (χ2v) is 4.33. The number of cyclic esters (lactones) is 1. The molecule has 0 saturated carbocycles. The van der Waals surface area contributed by atoms with E-state index in [0.717, 1.165) is 12.8 Å². The van der Waals surface area contributed by atoms with Crippen LogP contribution < -0.4 is 0 Å². The SMILES string of the molecule is CC[C@@H]1C(=O)OC[C@@H]1Cc1cn(C)n1C. The quantitative estimate of drug-likeness (QED) is 0.701. The number of carbonyl (C=O) groups excluding carboxylic acids is 1. The van der Waals surface area contributed by atoms with Crippen LogP contribution >= 0.6 is 0 Å². The molecular weight excluding hydrogens is 192 g/mol. The fourth-order valence-corrected chi connectivity index (χ4v) is 2.29. The number of rotatable bonds is 3. The molecule has 84 valence electrons. The molecule has 1 aromatic heterocycles. The number of hydrogen-bond donors (Lipinski definition) is 0. The van der Waals surface area contributed by atoms with E-state index in [9.17, 15) is 4.79 Å². The van der Waals surface area contributed by atoms with E-state index in [2.05, 4.69) is 17.8 Å². The molecule has 0 unspecified atom stereocenters. The van der Waals surface area contributed by atoms with Crippen molar-refractivity contribution in [1.82, 2.24) is 9.36 Å². The first-order chi connectivity index (χ1) is 7.13. The predicted octanol–water partition coefficient (Wildman–Crippen LogP) is 1.11. The van der Waals surface area contributed by atoms with Gasteiger partial charge in [-0.15, -0.1) is 0 Å². The van der Waals surface area contributed by atoms with Crippen LogP contribution in [0.1, 0.15) is 19.0 Å². The van der Waals surface area contributed by atoms with Crippen LogP contribution in [0.4, 0.5) is 0 Å². The van der Waals surface area contributed by atoms with Crippen LogP contribution in [0.5, 0.6) is 0 Å². The standard InChI is InChI=1S/C11H18N2O2/c1-4-10-8(7-15-11(10)14)5-9-6-12(2)13(9)3/h6,8,10H,4-5,7H2,1-3H3/t8-,10-/m0/s1. The van der Waals surface area contributed by atoms with Crippen LogP contribution in [0, 0.1) is 11.8 Å². The number of esters is 1. The van der Waals surface area contributed by atoms with E-state index in [-0.39, 0.29) is 11.9 Å². The lowest BCUT2D eigenvalue weighted by Gasteiger charge is -2.23. The van der Waals surface area contributed by atoms with Crippen molar-refractivity contribution in [3.63, 3.8) is 0 Å². The summed E-state index contributed by atoms with van der Waals surface area (Å²) in [5.74, 6) is 0.452. The van der Waals surface area contributed by atoms with Gasteiger partial charge in [0.2, 0.25) is 0 Å². The van der Waals surface area contributed by atoms with Crippen molar-refractivity contribution < 1.29 is 9.53 Å². The van der Waals surface area contributed by atoms with Gasteiger partial charge in [-0.05, 0) is 12.8 Å². The zero-order chi connectivity index (χ0) is 11.0. The molecule has 0 N–H and O–H groups in total. The van der Waals surface area contributed by atoms with Gasteiger partial charge in [0, 0.05) is 26.2 Å². The van der Waals surface area contributed by atoms with Gasteiger partial charge in [0.15, 0.2) is 0 Å². The van der Waals surface area contributed by atoms with Crippen molar-refractivity contribution in [2.45, 2.75) is 19.8 Å². The monoisotopic (exact) mass is 210 g/mol. The zero-order valence-corrected chi connectivity index (χ0v) is 9.56. The maximum absolute atomic E-state index is 11.4. The Morgan fingerprint density at radius 1 is 1.53 bits per heavy atom. The maximum Gasteiger partial charge on any atom is 0.309 e. The third kappa shape index (κ3) is 1.68. The summed E-state index contributed by atoms with van der Waals surface area (Å²) in [5, 5.41) is 0. The Bertz CT molecular complexity index is 365. The lowest BCUT2D eigenvalue weighted by molar-refractivity contribution is -0.141. The molecule has 2 atom stereocenters. The lowest BCUT2D eigenvalue weighted by Crippen LogP contribution is -2.25. The Labute approximate surface area is 89.8 Å². The van der Waals surface area contributed by atoms with Crippen molar-refractivity contribution in [3.05, 3.63) is 11.9 Å². The molecule has 15 heavy (non-hydrogen) atoms. The van der Waals surface area contributed by atoms with Crippen molar-refractivity contribution in [2.24, 2.45) is 25.9 Å². The summed E-state index contributed by atoms with van der Waals surface area (Å²) in [6.45, 7) is 2.64. The molecule has 1 aliphatic heterocycles. The molecule has 0 aliphatic carbocycles. The van der Waals surface area contributed by atoms with Crippen molar-refractivity contribution in [1.29, 1.82) is 0 Å². The fraction of sp³-hybridized carbons (Fsp3) is 0.727. The van der Waals surface area contributed by atoms with Crippen LogP contribution in [0.15, 0.2) is 6.20 Å². The fourth-order valence-electron chi connectivity index (χ4n) is 2.29. The molecule has 1 saturated heterocycles. The van der Waals surface area contributed by atoms with Gasteiger partial charge in [-0.3, -0.25) is 14.2 Å². The zero-order valence-electron chi connectivity index (χ0n) is 9.56. The van der Waals surface area contributed by atoms with E-state index < -0.39 is 0 Å². The Morgan fingerprint density at radius 2 is 2.27 bits per heavy atom. The summed E-state index contributed by atoms with van der Waals surface area (Å²) in [6.07, 6.45) is 3.94. The molecular formula is C11H18N2O2. The molecule has 4 nitrogen and oxygen atoms in total. The molecule has 1 fully saturated rings. The molecule has 0 aromatic carbocycles. The van der Waals surface area contributed by atoms with Crippen LogP contribution in [0.25, 0.3) is 0 Å². The summed E-state index contributed by atoms with van der Waals surface area (Å²) in [5.41, 5.74) is 1.29. The lowest BCUT2D eigenvalue weighted by atomic mass is 9.89. The van der Waals surface area contributed by atoms with Gasteiger partial charge < -0.3 is 4.74 Å². The molecule has 1 aliphatic rings. The highest BCUT2D eigenvalue weighted by atomic mass is 16.5. The van der Waals surface area contributed by atoms with Crippen molar-refractivity contribution in [2.75, 3.05) is 6.61 Å². The van der Waals surface area contributed by atoms with E-state index in [1.165, 1.54) is 5.69 Å². The average Bonchev–Trinajstić information content (AvgIpc) is 2.58. The molecule has 2 rings (SSSR count). The smallest absolute Gasteiger partial charge is 0.309 e. The molecule has 0 radical (unpaired) electrons. The molecule has 2 heterocycles. The molecule has 4 heteroatoms. The van der Waals surface area contributed by atoms with E-state index in [4.69, 9.17) is 4.74 Å². The third-order valence-corrected chi connectivity index (χ3v) is 3.45.